The fourth-order valence-corrected chi connectivity index (χ4v) is 0. The molecule has 0 atom stereocenters. The van der Waals surface area contributed by atoms with Crippen molar-refractivity contribution in [1.29, 1.82) is 0 Å². The molecule has 15 heteroatoms. The van der Waals surface area contributed by atoms with E-state index >= 15 is 0 Å². The van der Waals surface area contributed by atoms with Crippen LogP contribution in [-0.2, 0) is 0 Å². The minimum absolute atomic E-state index is 0. The van der Waals surface area contributed by atoms with Crippen molar-refractivity contribution in [3.05, 3.63) is 46.0 Å². The zero-order valence-corrected chi connectivity index (χ0v) is 11.2. The molecule has 0 bridgehead atoms. The van der Waals surface area contributed by atoms with E-state index in [9.17, 15) is 0 Å². The van der Waals surface area contributed by atoms with Crippen molar-refractivity contribution in [2.75, 3.05) is 13.2 Å². The van der Waals surface area contributed by atoms with E-state index in [-0.39, 0.29) is 39.4 Å². The largest absolute Gasteiger partial charge is 3.00 e. The van der Waals surface area contributed by atoms with E-state index in [1.807, 2.05) is 0 Å². The van der Waals surface area contributed by atoms with Gasteiger partial charge in [0.25, 0.3) is 0 Å². The molecule has 0 spiro atoms. The van der Waals surface area contributed by atoms with Crippen LogP contribution in [0.4, 0.5) is 0 Å². The molecule has 0 saturated heterocycles. The number of aliphatic hydroxyl groups excluding tert-OH is 2. The predicted octanol–water partition coefficient (Wildman–Crippen LogP) is -2.13. The first-order valence-electron chi connectivity index (χ1n) is 2.78. The molecule has 2 radical (unpaired) electrons. The average molecular weight is 457 g/mol. The third kappa shape index (κ3) is 6220. The summed E-state index contributed by atoms with van der Waals surface area (Å²) >= 11 is 0. The van der Waals surface area contributed by atoms with E-state index in [2.05, 4.69) is 0 Å². The van der Waals surface area contributed by atoms with Crippen molar-refractivity contribution >= 4 is 26.2 Å². The molecule has 0 aliphatic rings. The second-order valence-corrected chi connectivity index (χ2v) is 1.12. The van der Waals surface area contributed by atoms with Crippen molar-refractivity contribution in [2.24, 2.45) is 0 Å². The smallest absolute Gasteiger partial charge is 0.394 e. The van der Waals surface area contributed by atoms with E-state index < -0.39 is 15.3 Å². The van der Waals surface area contributed by atoms with Gasteiger partial charge >= 0.3 is 26.2 Å². The Balaban J connectivity index is -0.0000000369. The molecular formula is C2H6BiN3O11. The van der Waals surface area contributed by atoms with E-state index in [1.54, 1.807) is 0 Å². The average Bonchev–Trinajstić information content (AvgIpc) is 2.00. The minimum Gasteiger partial charge on any atom is -0.394 e. The molecule has 0 aliphatic carbocycles. The van der Waals surface area contributed by atoms with Crippen LogP contribution in [0.25, 0.3) is 0 Å². The normalized spacial score (nSPS) is 6.00. The van der Waals surface area contributed by atoms with Crippen LogP contribution in [0, 0.1) is 46.0 Å². The van der Waals surface area contributed by atoms with Crippen molar-refractivity contribution in [2.45, 2.75) is 0 Å². The van der Waals surface area contributed by atoms with Gasteiger partial charge in [-0.05, 0) is 0 Å². The van der Waals surface area contributed by atoms with Gasteiger partial charge in [0.1, 0.15) is 0 Å². The second kappa shape index (κ2) is 29.3. The minimum atomic E-state index is -1.75. The zero-order valence-electron chi connectivity index (χ0n) is 7.77. The summed E-state index contributed by atoms with van der Waals surface area (Å²) in [5.41, 5.74) is 0. The summed E-state index contributed by atoms with van der Waals surface area (Å²) in [7, 11) is 0. The van der Waals surface area contributed by atoms with Crippen LogP contribution in [0.5, 0.6) is 0 Å². The van der Waals surface area contributed by atoms with Crippen LogP contribution in [0.15, 0.2) is 0 Å². The standard InChI is InChI=1S/C2H6O2.Bi.3NO3/c3-1-2-4;;3*2-1(3)4/h3-4H,1-2H2;;;;/q;+3;3*-1. The summed E-state index contributed by atoms with van der Waals surface area (Å²) in [5, 5.41) is 59.5. The Bertz CT molecular complexity index is 143. The van der Waals surface area contributed by atoms with E-state index in [0.29, 0.717) is 0 Å². The van der Waals surface area contributed by atoms with E-state index in [4.69, 9.17) is 56.2 Å². The maximum Gasteiger partial charge on any atom is 3.00 e. The van der Waals surface area contributed by atoms with Gasteiger partial charge in [0.2, 0.25) is 0 Å². The van der Waals surface area contributed by atoms with Crippen LogP contribution in [-0.4, -0.2) is 64.9 Å². The van der Waals surface area contributed by atoms with Crippen LogP contribution < -0.4 is 0 Å². The molecule has 2 N–H and O–H groups in total. The molecule has 0 amide bonds. The molecule has 0 aromatic carbocycles. The molecule has 0 aliphatic heterocycles. The Morgan fingerprint density at radius 2 is 0.706 bits per heavy atom. The van der Waals surface area contributed by atoms with Gasteiger partial charge in [-0.25, -0.2) is 0 Å². The summed E-state index contributed by atoms with van der Waals surface area (Å²) in [4.78, 5) is 24.8. The van der Waals surface area contributed by atoms with Crippen LogP contribution in [0.3, 0.4) is 0 Å². The Hall–Kier alpha value is -1.60. The number of hydrogen-bond donors (Lipinski definition) is 2. The summed E-state index contributed by atoms with van der Waals surface area (Å²) in [6.07, 6.45) is 0. The van der Waals surface area contributed by atoms with Crippen molar-refractivity contribution in [3.8, 4) is 0 Å². The van der Waals surface area contributed by atoms with Crippen molar-refractivity contribution < 1.29 is 25.5 Å². The third-order valence-electron chi connectivity index (χ3n) is 0.1000. The summed E-state index contributed by atoms with van der Waals surface area (Å²) in [6, 6.07) is 0. The van der Waals surface area contributed by atoms with Gasteiger partial charge < -0.3 is 56.2 Å². The van der Waals surface area contributed by atoms with E-state index in [0.717, 1.165) is 0 Å². The van der Waals surface area contributed by atoms with Gasteiger partial charge in [-0.3, -0.25) is 0 Å². The van der Waals surface area contributed by atoms with Gasteiger partial charge in [-0.15, -0.1) is 0 Å². The fraction of sp³-hybridized carbons (Fsp3) is 1.00. The molecule has 0 aromatic heterocycles. The predicted molar refractivity (Wildman–Crippen MR) is 51.0 cm³/mol. The number of aliphatic hydroxyl groups is 2. The molecule has 14 nitrogen and oxygen atoms in total. The second-order valence-electron chi connectivity index (χ2n) is 1.12. The van der Waals surface area contributed by atoms with Crippen LogP contribution in [0.1, 0.15) is 0 Å². The first-order chi connectivity index (χ1) is 7.11. The Labute approximate surface area is 111 Å². The number of nitrogens with zero attached hydrogens (tertiary/aromatic N) is 3. The molecular weight excluding hydrogens is 451 g/mol. The summed E-state index contributed by atoms with van der Waals surface area (Å²) < 4.78 is 0. The molecule has 0 rings (SSSR count). The molecule has 0 fully saturated rings. The Morgan fingerprint density at radius 3 is 0.706 bits per heavy atom. The Kier molecular flexibility index (Phi) is 50.8. The number of hydrogen-bond acceptors (Lipinski definition) is 11. The van der Waals surface area contributed by atoms with E-state index in [1.165, 1.54) is 0 Å². The monoisotopic (exact) mass is 457 g/mol. The van der Waals surface area contributed by atoms with Gasteiger partial charge in [-0.2, -0.15) is 0 Å². The van der Waals surface area contributed by atoms with Gasteiger partial charge in [-0.1, -0.05) is 0 Å². The quantitative estimate of drug-likeness (QED) is 0.245. The first-order valence-corrected chi connectivity index (χ1v) is 2.78. The Morgan fingerprint density at radius 1 is 0.647 bits per heavy atom. The molecule has 0 aromatic rings. The summed E-state index contributed by atoms with van der Waals surface area (Å²) in [6.45, 7) is -0.250. The summed E-state index contributed by atoms with van der Waals surface area (Å²) in [5.74, 6) is 0. The molecule has 17 heavy (non-hydrogen) atoms. The molecule has 100 valence electrons. The van der Waals surface area contributed by atoms with Crippen LogP contribution >= 0.6 is 0 Å². The third-order valence-corrected chi connectivity index (χ3v) is 0.1000. The maximum atomic E-state index is 8.25. The molecule has 0 saturated carbocycles. The van der Waals surface area contributed by atoms with Crippen molar-refractivity contribution in [3.63, 3.8) is 0 Å². The fourth-order valence-electron chi connectivity index (χ4n) is 0. The van der Waals surface area contributed by atoms with Crippen molar-refractivity contribution in [1.82, 2.24) is 0 Å². The topological polar surface area (TPSA) is 239 Å². The van der Waals surface area contributed by atoms with Gasteiger partial charge in [0.05, 0.1) is 28.5 Å². The number of rotatable bonds is 1. The maximum absolute atomic E-state index is 8.25. The van der Waals surface area contributed by atoms with Gasteiger partial charge in [0, 0.05) is 0 Å². The first kappa shape index (κ1) is 29.5. The zero-order chi connectivity index (χ0) is 14.1. The molecule has 0 unspecified atom stereocenters. The van der Waals surface area contributed by atoms with Crippen LogP contribution in [0.2, 0.25) is 0 Å². The van der Waals surface area contributed by atoms with Gasteiger partial charge in [0.15, 0.2) is 0 Å². The molecule has 0 heterocycles. The SMILES string of the molecule is O=[N+]([O-])[O-].O=[N+]([O-])[O-].O=[N+]([O-])[O-].OCCO.[Bi+3].